The van der Waals surface area contributed by atoms with Crippen LogP contribution in [0.3, 0.4) is 0 Å². The molecule has 0 aliphatic heterocycles. The van der Waals surface area contributed by atoms with Gasteiger partial charge in [-0.05, 0) is 29.3 Å². The predicted molar refractivity (Wildman–Crippen MR) is 93.9 cm³/mol. The maximum Gasteiger partial charge on any atom is 0.344 e. The summed E-state index contributed by atoms with van der Waals surface area (Å²) in [5.74, 6) is -0.739. The molecule has 0 amide bonds. The summed E-state index contributed by atoms with van der Waals surface area (Å²) >= 11 is 0. The fourth-order valence-electron chi connectivity index (χ4n) is 2.61. The van der Waals surface area contributed by atoms with Crippen LogP contribution in [0.15, 0.2) is 74.8 Å². The minimum absolute atomic E-state index is 0.0968. The van der Waals surface area contributed by atoms with Crippen molar-refractivity contribution in [3.8, 4) is 22.3 Å². The van der Waals surface area contributed by atoms with Gasteiger partial charge in [-0.1, -0.05) is 42.5 Å². The number of hydrogen-bond acceptors (Lipinski definition) is 4. The average Bonchev–Trinajstić information content (AvgIpc) is 2.61. The van der Waals surface area contributed by atoms with Crippen LogP contribution in [0.1, 0.15) is 12.2 Å². The van der Waals surface area contributed by atoms with E-state index in [2.05, 4.69) is 0 Å². The first-order valence-electron chi connectivity index (χ1n) is 7.59. The summed E-state index contributed by atoms with van der Waals surface area (Å²) in [5, 5.41) is 0. The first kappa shape index (κ1) is 18.0. The quantitative estimate of drug-likeness (QED) is 0.680. The van der Waals surface area contributed by atoms with E-state index in [9.17, 15) is 22.0 Å². The lowest BCUT2D eigenvalue weighted by molar-refractivity contribution is 0.117. The molecule has 2 aromatic carbocycles. The van der Waals surface area contributed by atoms with Crippen LogP contribution in [0.5, 0.6) is 0 Å². The van der Waals surface area contributed by atoms with Crippen LogP contribution in [0.2, 0.25) is 0 Å². The molecule has 3 aromatic rings. The summed E-state index contributed by atoms with van der Waals surface area (Å²) in [5.41, 5.74) is 0.469. The largest absolute Gasteiger partial charge is 0.421 e. The molecule has 0 spiro atoms. The molecular weight excluding hydrogens is 362 g/mol. The Balaban J connectivity index is 2.26. The van der Waals surface area contributed by atoms with Gasteiger partial charge in [-0.25, -0.2) is 22.0 Å². The summed E-state index contributed by atoms with van der Waals surface area (Å²) in [6.07, 6.45) is -1.87. The normalized spacial score (nSPS) is 11.7. The lowest BCUT2D eigenvalue weighted by Crippen LogP contribution is -2.08. The molecule has 0 fully saturated rings. The summed E-state index contributed by atoms with van der Waals surface area (Å²) in [6.45, 7) is 0. The SMILES string of the molecule is CS(=O)(=O)c1ccc(-c2cc(C(F)F)oc(=O)c2-c2ccccc2)cc1. The maximum absolute atomic E-state index is 13.1. The molecular formula is C19H14F2O4S. The van der Waals surface area contributed by atoms with Crippen LogP contribution in [0, 0.1) is 0 Å². The summed E-state index contributed by atoms with van der Waals surface area (Å²) < 4.78 is 54.1. The molecule has 1 aromatic heterocycles. The number of sulfone groups is 1. The van der Waals surface area contributed by atoms with Gasteiger partial charge in [-0.15, -0.1) is 0 Å². The van der Waals surface area contributed by atoms with E-state index in [0.717, 1.165) is 12.3 Å². The van der Waals surface area contributed by atoms with Gasteiger partial charge < -0.3 is 4.42 Å². The topological polar surface area (TPSA) is 64.3 Å². The molecule has 7 heteroatoms. The number of rotatable bonds is 4. The number of hydrogen-bond donors (Lipinski definition) is 0. The Hall–Kier alpha value is -2.80. The van der Waals surface area contributed by atoms with E-state index in [1.165, 1.54) is 24.3 Å². The molecule has 3 rings (SSSR count). The zero-order chi connectivity index (χ0) is 18.9. The Bertz CT molecular complexity index is 1090. The highest BCUT2D eigenvalue weighted by Gasteiger charge is 2.20. The highest BCUT2D eigenvalue weighted by Crippen LogP contribution is 2.33. The Morgan fingerprint density at radius 1 is 0.923 bits per heavy atom. The zero-order valence-corrected chi connectivity index (χ0v) is 14.5. The van der Waals surface area contributed by atoms with Gasteiger partial charge in [0.1, 0.15) is 0 Å². The summed E-state index contributed by atoms with van der Waals surface area (Å²) in [6, 6.07) is 15.3. The molecule has 0 aliphatic carbocycles. The van der Waals surface area contributed by atoms with Crippen LogP contribution in [0.4, 0.5) is 8.78 Å². The summed E-state index contributed by atoms with van der Waals surface area (Å²) in [7, 11) is -3.39. The monoisotopic (exact) mass is 376 g/mol. The van der Waals surface area contributed by atoms with Crippen molar-refractivity contribution < 1.29 is 21.6 Å². The minimum atomic E-state index is -3.39. The Kier molecular flexibility index (Phi) is 4.73. The average molecular weight is 376 g/mol. The van der Waals surface area contributed by atoms with E-state index >= 15 is 0 Å². The molecule has 0 unspecified atom stereocenters. The minimum Gasteiger partial charge on any atom is -0.421 e. The van der Waals surface area contributed by atoms with Crippen LogP contribution < -0.4 is 5.63 Å². The van der Waals surface area contributed by atoms with E-state index in [0.29, 0.717) is 11.1 Å². The van der Waals surface area contributed by atoms with E-state index in [4.69, 9.17) is 4.42 Å². The highest BCUT2D eigenvalue weighted by molar-refractivity contribution is 7.90. The molecule has 0 N–H and O–H groups in total. The molecule has 0 aliphatic rings. The molecule has 0 bridgehead atoms. The van der Waals surface area contributed by atoms with E-state index in [1.807, 2.05) is 0 Å². The fourth-order valence-corrected chi connectivity index (χ4v) is 3.24. The van der Waals surface area contributed by atoms with Crippen molar-refractivity contribution in [2.24, 2.45) is 0 Å². The third kappa shape index (κ3) is 3.57. The molecule has 0 saturated carbocycles. The van der Waals surface area contributed by atoms with Gasteiger partial charge in [0, 0.05) is 11.8 Å². The smallest absolute Gasteiger partial charge is 0.344 e. The second-order valence-corrected chi connectivity index (χ2v) is 7.70. The van der Waals surface area contributed by atoms with Gasteiger partial charge in [0.15, 0.2) is 15.6 Å². The van der Waals surface area contributed by atoms with Gasteiger partial charge in [0.2, 0.25) is 0 Å². The van der Waals surface area contributed by atoms with Gasteiger partial charge in [0.05, 0.1) is 10.5 Å². The van der Waals surface area contributed by atoms with E-state index in [1.54, 1.807) is 30.3 Å². The lowest BCUT2D eigenvalue weighted by Gasteiger charge is -2.11. The van der Waals surface area contributed by atoms with Crippen molar-refractivity contribution in [3.63, 3.8) is 0 Å². The lowest BCUT2D eigenvalue weighted by atomic mass is 9.96. The van der Waals surface area contributed by atoms with Crippen LogP contribution in [0.25, 0.3) is 22.3 Å². The van der Waals surface area contributed by atoms with Crippen LogP contribution in [-0.4, -0.2) is 14.7 Å². The second kappa shape index (κ2) is 6.84. The Morgan fingerprint density at radius 2 is 1.54 bits per heavy atom. The van der Waals surface area contributed by atoms with Gasteiger partial charge in [-0.2, -0.15) is 0 Å². The van der Waals surface area contributed by atoms with Crippen LogP contribution >= 0.6 is 0 Å². The van der Waals surface area contributed by atoms with Crippen molar-refractivity contribution in [2.75, 3.05) is 6.26 Å². The van der Waals surface area contributed by atoms with Gasteiger partial charge in [0.25, 0.3) is 6.43 Å². The second-order valence-electron chi connectivity index (χ2n) is 5.69. The van der Waals surface area contributed by atoms with Crippen molar-refractivity contribution in [3.05, 3.63) is 76.8 Å². The molecule has 0 atom stereocenters. The first-order chi connectivity index (χ1) is 12.3. The van der Waals surface area contributed by atoms with Crippen molar-refractivity contribution in [2.45, 2.75) is 11.3 Å². The zero-order valence-electron chi connectivity index (χ0n) is 13.6. The standard InChI is InChI=1S/C19H14F2O4S/c1-26(23,24)14-9-7-12(8-10-14)15-11-16(18(20)21)25-19(22)17(15)13-5-3-2-4-6-13/h2-11,18H,1H3. The molecule has 0 saturated heterocycles. The molecule has 26 heavy (non-hydrogen) atoms. The fraction of sp³-hybridized carbons (Fsp3) is 0.105. The number of halogens is 2. The third-order valence-corrected chi connectivity index (χ3v) is 4.97. The molecule has 134 valence electrons. The Labute approximate surface area is 148 Å². The van der Waals surface area contributed by atoms with Crippen LogP contribution in [-0.2, 0) is 9.84 Å². The van der Waals surface area contributed by atoms with Gasteiger partial charge >= 0.3 is 5.63 Å². The maximum atomic E-state index is 13.1. The van der Waals surface area contributed by atoms with E-state index < -0.39 is 27.6 Å². The van der Waals surface area contributed by atoms with Crippen molar-refractivity contribution >= 4 is 9.84 Å². The Morgan fingerprint density at radius 3 is 2.08 bits per heavy atom. The number of benzene rings is 2. The number of alkyl halides is 2. The van der Waals surface area contributed by atoms with Crippen molar-refractivity contribution in [1.82, 2.24) is 0 Å². The van der Waals surface area contributed by atoms with Crippen molar-refractivity contribution in [1.29, 1.82) is 0 Å². The van der Waals surface area contributed by atoms with E-state index in [-0.39, 0.29) is 16.0 Å². The molecule has 4 nitrogen and oxygen atoms in total. The highest BCUT2D eigenvalue weighted by atomic mass is 32.2. The first-order valence-corrected chi connectivity index (χ1v) is 9.48. The third-order valence-electron chi connectivity index (χ3n) is 3.84. The van der Waals surface area contributed by atoms with Gasteiger partial charge in [-0.3, -0.25) is 0 Å². The molecule has 1 heterocycles. The predicted octanol–water partition coefficient (Wildman–Crippen LogP) is 4.31. The molecule has 0 radical (unpaired) electrons. The summed E-state index contributed by atoms with van der Waals surface area (Å²) in [4.78, 5) is 12.5.